The van der Waals surface area contributed by atoms with Gasteiger partial charge in [0, 0.05) is 90.9 Å². The third-order valence-corrected chi connectivity index (χ3v) is 16.3. The van der Waals surface area contributed by atoms with E-state index in [9.17, 15) is 9.70 Å². The molecule has 7 aliphatic heterocycles. The number of hydrazine groups is 1. The molecule has 366 valence electrons. The molecule has 6 atom stereocenters. The number of methoxy groups -OCH3 is 1. The van der Waals surface area contributed by atoms with E-state index in [1.165, 1.54) is 22.4 Å². The number of amides is 2. The molecule has 69 heavy (non-hydrogen) atoms. The second kappa shape index (κ2) is 19.1. The quantitative estimate of drug-likeness (QED) is 0.243. The van der Waals surface area contributed by atoms with Crippen LogP contribution in [0.1, 0.15) is 86.5 Å². The van der Waals surface area contributed by atoms with Gasteiger partial charge in [-0.3, -0.25) is 29.4 Å². The molecule has 3 aromatic heterocycles. The molecule has 10 heterocycles. The van der Waals surface area contributed by atoms with Crippen molar-refractivity contribution >= 4 is 34.1 Å². The number of morpholine rings is 2. The molecule has 1 aromatic carbocycles. The predicted molar refractivity (Wildman–Crippen MR) is 257 cm³/mol. The Balaban J connectivity index is 1.07. The number of ether oxygens (including phenoxy) is 4. The zero-order chi connectivity index (χ0) is 47.6. The van der Waals surface area contributed by atoms with Crippen LogP contribution in [-0.4, -0.2) is 150 Å². The molecule has 2 N–H and O–H groups in total. The molecule has 8 bridgehead atoms. The number of rotatable bonds is 7. The van der Waals surface area contributed by atoms with Crippen molar-refractivity contribution in [3.63, 3.8) is 0 Å². The Kier molecular flexibility index (Phi) is 12.9. The van der Waals surface area contributed by atoms with Crippen LogP contribution in [0.15, 0.2) is 29.8 Å². The van der Waals surface area contributed by atoms with Crippen molar-refractivity contribution in [2.24, 2.45) is 17.3 Å². The van der Waals surface area contributed by atoms with E-state index in [1.54, 1.807) is 12.1 Å². The van der Waals surface area contributed by atoms with Crippen molar-refractivity contribution in [3.8, 4) is 34.4 Å². The van der Waals surface area contributed by atoms with Crippen LogP contribution in [0.4, 0.5) is 0 Å². The highest BCUT2D eigenvalue weighted by atomic mass is 32.1. The topological polar surface area (TPSA) is 165 Å². The number of aryl methyl sites for hydroxylation is 2. The first kappa shape index (κ1) is 46.5. The van der Waals surface area contributed by atoms with Crippen molar-refractivity contribution < 1.29 is 38.3 Å². The highest BCUT2D eigenvalue weighted by molar-refractivity contribution is 7.10. The molecule has 0 radical (unpaired) electrons. The molecule has 5 saturated heterocycles. The molecule has 1 saturated carbocycles. The number of pyridine rings is 1. The fraction of sp³-hybridized carbons (Fsp3) is 0.608. The number of nitrogens with one attached hydrogen (secondary N) is 2. The fourth-order valence-corrected chi connectivity index (χ4v) is 12.4. The number of hydrogen-bond donors (Lipinski definition) is 2. The van der Waals surface area contributed by atoms with Gasteiger partial charge in [0.25, 0.3) is 5.91 Å². The van der Waals surface area contributed by atoms with Gasteiger partial charge < -0.3 is 28.8 Å². The molecular formula is C51H64N9O8S+. The largest absolute Gasteiger partial charge is 0.379 e. The normalized spacial score (nSPS) is 28.7. The van der Waals surface area contributed by atoms with Crippen molar-refractivity contribution in [2.75, 3.05) is 79.5 Å². The van der Waals surface area contributed by atoms with Crippen molar-refractivity contribution in [1.29, 1.82) is 0 Å². The first-order valence-electron chi connectivity index (χ1n) is 24.8. The van der Waals surface area contributed by atoms with Gasteiger partial charge in [-0.1, -0.05) is 32.6 Å². The average Bonchev–Trinajstić information content (AvgIpc) is 3.95. The highest BCUT2D eigenvalue weighted by Gasteiger charge is 2.57. The number of carbonyl (C=O) groups excluding carboxylic acids is 2. The number of aromatic nitrogens is 3. The molecule has 2 amide bonds. The van der Waals surface area contributed by atoms with E-state index in [-0.39, 0.29) is 42.4 Å². The van der Waals surface area contributed by atoms with E-state index in [4.69, 9.17) is 33.8 Å². The zero-order valence-corrected chi connectivity index (χ0v) is 41.1. The standard InChI is InChI=1S/C51H63N9O8S/c1-30-27-67-46(30)48(61)54-42-45(57-14-18-66-19-15-57)49-53-40(28-69-49)34-21-33-9-7-11-58-43(33)37(24-34)39(25-51(3,4)29-68-60(63)47-35-22-36(23-35)59(55-47)50(42)62)44(58)38-20-32(26-52-41(38)31(2)64-5)8-6-10-56-12-16-65-17-13-56/h20-21,24,26,28,30-31,35-36,42,45-47,55H,7,9-19,22-23,25,27,29H2,1-5H3/p+1/t30-,31-,35?,36?,42-,45-,46-,47+/m0/s1. The lowest BCUT2D eigenvalue weighted by Crippen LogP contribution is -2.72. The lowest BCUT2D eigenvalue weighted by molar-refractivity contribution is -0.841. The zero-order valence-electron chi connectivity index (χ0n) is 40.3. The molecule has 17 nitrogen and oxygen atoms in total. The summed E-state index contributed by atoms with van der Waals surface area (Å²) < 4.78 is 25.6. The van der Waals surface area contributed by atoms with Crippen LogP contribution in [0, 0.1) is 34.0 Å². The van der Waals surface area contributed by atoms with Crippen LogP contribution in [0.5, 0.6) is 0 Å². The monoisotopic (exact) mass is 962 g/mol. The maximum Gasteiger partial charge on any atom is 0.329 e. The van der Waals surface area contributed by atoms with Crippen molar-refractivity contribution in [3.05, 3.63) is 62.1 Å². The number of carbonyl (C=O) groups is 2. The van der Waals surface area contributed by atoms with Crippen LogP contribution in [0.3, 0.4) is 0 Å². The maximum absolute atomic E-state index is 15.3. The van der Waals surface area contributed by atoms with Gasteiger partial charge in [0.15, 0.2) is 6.61 Å². The molecule has 12 rings (SSSR count). The molecule has 0 unspecified atom stereocenters. The van der Waals surface area contributed by atoms with Gasteiger partial charge in [-0.15, -0.1) is 11.3 Å². The summed E-state index contributed by atoms with van der Waals surface area (Å²) in [7, 11) is 1.72. The Morgan fingerprint density at radius 1 is 1.10 bits per heavy atom. The predicted octanol–water partition coefficient (Wildman–Crippen LogP) is 4.80. The van der Waals surface area contributed by atoms with Gasteiger partial charge in [0.05, 0.1) is 85.1 Å². The van der Waals surface area contributed by atoms with Crippen LogP contribution in [-0.2, 0) is 52.8 Å². The smallest absolute Gasteiger partial charge is 0.329 e. The van der Waals surface area contributed by atoms with Gasteiger partial charge in [-0.2, -0.15) is 5.43 Å². The Morgan fingerprint density at radius 3 is 2.62 bits per heavy atom. The lowest BCUT2D eigenvalue weighted by Gasteiger charge is -2.50. The number of fused-ring (bicyclic) bond motifs is 4. The summed E-state index contributed by atoms with van der Waals surface area (Å²) >= 11 is 1.50. The second-order valence-corrected chi connectivity index (χ2v) is 21.7. The van der Waals surface area contributed by atoms with Crippen LogP contribution < -0.4 is 10.7 Å². The lowest BCUT2D eigenvalue weighted by atomic mass is 9.75. The van der Waals surface area contributed by atoms with Gasteiger partial charge in [0.2, 0.25) is 10.8 Å². The van der Waals surface area contributed by atoms with E-state index in [0.29, 0.717) is 68.6 Å². The number of thiazole rings is 1. The van der Waals surface area contributed by atoms with Crippen LogP contribution >= 0.6 is 11.3 Å². The summed E-state index contributed by atoms with van der Waals surface area (Å²) in [6.07, 6.45) is 3.78. The maximum atomic E-state index is 15.3. The van der Waals surface area contributed by atoms with E-state index >= 15 is 4.79 Å². The minimum Gasteiger partial charge on any atom is -0.379 e. The first-order chi connectivity index (χ1) is 33.4. The SMILES string of the molecule is CO[C@@H](C)c1ncc(C#CCN2CCOCC2)cc1-c1c2c3cc(cc4c3n1CCC4)-c1csc(n1)[C@@H](N1CCOCC1)[C@H](NC(=O)[C@H]1OC[C@@H]1C)C(=O)N1N[C@@H](C3CC1C3)[N+](=O)OCC(C)(C)C2. The Morgan fingerprint density at radius 2 is 1.88 bits per heavy atom. The fourth-order valence-electron chi connectivity index (χ4n) is 11.4. The molecule has 1 aliphatic carbocycles. The van der Waals surface area contributed by atoms with E-state index < -0.39 is 29.8 Å². The molecule has 4 aromatic rings. The molecule has 0 spiro atoms. The van der Waals surface area contributed by atoms with E-state index in [1.807, 2.05) is 20.0 Å². The first-order valence-corrected chi connectivity index (χ1v) is 25.7. The summed E-state index contributed by atoms with van der Waals surface area (Å²) in [5.41, 5.74) is 11.8. The third-order valence-electron chi connectivity index (χ3n) is 15.4. The summed E-state index contributed by atoms with van der Waals surface area (Å²) in [4.78, 5) is 65.6. The Labute approximate surface area is 407 Å². The van der Waals surface area contributed by atoms with Crippen LogP contribution in [0.25, 0.3) is 33.4 Å². The van der Waals surface area contributed by atoms with Gasteiger partial charge in [0.1, 0.15) is 17.2 Å². The van der Waals surface area contributed by atoms with Crippen LogP contribution in [0.2, 0.25) is 0 Å². The van der Waals surface area contributed by atoms with Gasteiger partial charge in [-0.25, -0.2) is 9.82 Å². The second-order valence-electron chi connectivity index (χ2n) is 20.8. The van der Waals surface area contributed by atoms with Gasteiger partial charge >= 0.3 is 6.17 Å². The summed E-state index contributed by atoms with van der Waals surface area (Å²) in [5.74, 6) is 6.20. The summed E-state index contributed by atoms with van der Waals surface area (Å²) in [6.45, 7) is 15.6. The van der Waals surface area contributed by atoms with E-state index in [0.717, 1.165) is 90.4 Å². The van der Waals surface area contributed by atoms with Crippen molar-refractivity contribution in [1.82, 2.24) is 40.1 Å². The highest BCUT2D eigenvalue weighted by Crippen LogP contribution is 2.46. The average molecular weight is 963 g/mol. The minimum atomic E-state index is -1.04. The Hall–Kier alpha value is -4.84. The molecule has 6 fully saturated rings. The molecular weight excluding hydrogens is 899 g/mol. The Bertz CT molecular complexity index is 2690. The molecule has 8 aliphatic rings. The van der Waals surface area contributed by atoms with Gasteiger partial charge in [-0.05, 0) is 68.4 Å². The summed E-state index contributed by atoms with van der Waals surface area (Å²) in [5, 5.41) is 8.69. The minimum absolute atomic E-state index is 0.0126. The number of benzene rings is 1. The van der Waals surface area contributed by atoms with Crippen molar-refractivity contribution in [2.45, 2.75) is 103 Å². The third kappa shape index (κ3) is 8.87. The summed E-state index contributed by atoms with van der Waals surface area (Å²) in [6, 6.07) is 4.93. The molecule has 18 heteroatoms. The number of nitrogens with zero attached hydrogens (tertiary/aromatic N) is 7. The van der Waals surface area contributed by atoms with E-state index in [2.05, 4.69) is 74.4 Å². The number of hydrogen-bond acceptors (Lipinski definition) is 14.